The lowest BCUT2D eigenvalue weighted by Crippen LogP contribution is -2.48. The molecule has 0 aromatic heterocycles. The zero-order valence-electron chi connectivity index (χ0n) is 12.2. The van der Waals surface area contributed by atoms with E-state index in [0.717, 1.165) is 22.3 Å². The number of aryl methyl sites for hydroxylation is 3. The van der Waals surface area contributed by atoms with Crippen LogP contribution in [0.15, 0.2) is 12.1 Å². The van der Waals surface area contributed by atoms with Crippen LogP contribution in [0.1, 0.15) is 28.7 Å². The van der Waals surface area contributed by atoms with E-state index in [-0.39, 0.29) is 25.2 Å². The first kappa shape index (κ1) is 14.7. The van der Waals surface area contributed by atoms with E-state index in [0.29, 0.717) is 6.61 Å². The van der Waals surface area contributed by atoms with E-state index in [9.17, 15) is 14.7 Å². The van der Waals surface area contributed by atoms with Crippen LogP contribution >= 0.6 is 0 Å². The van der Waals surface area contributed by atoms with Gasteiger partial charge in [-0.2, -0.15) is 0 Å². The zero-order chi connectivity index (χ0) is 14.9. The number of hydrogen-bond donors (Lipinski definition) is 1. The van der Waals surface area contributed by atoms with E-state index in [1.54, 1.807) is 0 Å². The number of Topliss-reactive ketones (excluding diaryl/α,β-unsaturated/α-hetero) is 1. The lowest BCUT2D eigenvalue weighted by Gasteiger charge is -2.32. The van der Waals surface area contributed by atoms with Gasteiger partial charge in [0, 0.05) is 6.42 Å². The number of carbonyl (C=O) groups is 2. The number of ketones is 1. The summed E-state index contributed by atoms with van der Waals surface area (Å²) in [7, 11) is 0. The molecule has 1 saturated heterocycles. The Kier molecular flexibility index (Phi) is 3.95. The summed E-state index contributed by atoms with van der Waals surface area (Å²) in [5.74, 6) is -1.31. The molecule has 0 radical (unpaired) electrons. The molecule has 1 N–H and O–H groups in total. The number of rotatable bonds is 3. The predicted molar refractivity (Wildman–Crippen MR) is 74.9 cm³/mol. The van der Waals surface area contributed by atoms with Gasteiger partial charge < -0.3 is 9.84 Å². The van der Waals surface area contributed by atoms with Crippen molar-refractivity contribution in [2.24, 2.45) is 5.41 Å². The maximum Gasteiger partial charge on any atom is 0.319 e. The summed E-state index contributed by atoms with van der Waals surface area (Å²) in [6.07, 6.45) is 0.384. The Labute approximate surface area is 118 Å². The molecule has 20 heavy (non-hydrogen) atoms. The molecule has 1 heterocycles. The summed E-state index contributed by atoms with van der Waals surface area (Å²) in [5, 5.41) is 9.56. The van der Waals surface area contributed by atoms with Crippen molar-refractivity contribution in [2.75, 3.05) is 13.2 Å². The van der Waals surface area contributed by atoms with Gasteiger partial charge in [-0.25, -0.2) is 0 Å². The molecule has 2 rings (SSSR count). The molecule has 0 saturated carbocycles. The molecule has 0 amide bonds. The first-order chi connectivity index (χ1) is 9.36. The van der Waals surface area contributed by atoms with Crippen LogP contribution in [0.4, 0.5) is 0 Å². The third kappa shape index (κ3) is 2.48. The Morgan fingerprint density at radius 1 is 1.30 bits per heavy atom. The van der Waals surface area contributed by atoms with Crippen molar-refractivity contribution < 1.29 is 19.4 Å². The van der Waals surface area contributed by atoms with Crippen LogP contribution in [0, 0.1) is 26.2 Å². The lowest BCUT2D eigenvalue weighted by atomic mass is 9.74. The predicted octanol–water partition coefficient (Wildman–Crippen LogP) is 2.21. The molecule has 108 valence electrons. The smallest absolute Gasteiger partial charge is 0.319 e. The maximum absolute atomic E-state index is 12.2. The standard InChI is InChI=1S/C16H20O4/c1-10-6-11(2)13(12(3)7-10)8-16(15(18)19)9-20-5-4-14(16)17/h6-7H,4-5,8-9H2,1-3H3,(H,18,19). The average molecular weight is 276 g/mol. The summed E-state index contributed by atoms with van der Waals surface area (Å²) in [5.41, 5.74) is 2.71. The van der Waals surface area contributed by atoms with Crippen molar-refractivity contribution in [2.45, 2.75) is 33.6 Å². The van der Waals surface area contributed by atoms with Crippen molar-refractivity contribution in [1.82, 2.24) is 0 Å². The van der Waals surface area contributed by atoms with Crippen molar-refractivity contribution in [1.29, 1.82) is 0 Å². The van der Waals surface area contributed by atoms with Gasteiger partial charge in [-0.3, -0.25) is 9.59 Å². The zero-order valence-corrected chi connectivity index (χ0v) is 12.2. The molecule has 1 unspecified atom stereocenters. The molecule has 1 aromatic rings. The highest BCUT2D eigenvalue weighted by Gasteiger charge is 2.48. The molecule has 0 spiro atoms. The highest BCUT2D eigenvalue weighted by molar-refractivity contribution is 6.04. The van der Waals surface area contributed by atoms with E-state index in [1.807, 2.05) is 32.9 Å². The Morgan fingerprint density at radius 3 is 2.40 bits per heavy atom. The minimum atomic E-state index is -1.43. The Balaban J connectivity index is 2.44. The first-order valence-electron chi connectivity index (χ1n) is 6.78. The SMILES string of the molecule is Cc1cc(C)c(CC2(C(=O)O)COCCC2=O)c(C)c1. The molecule has 1 aliphatic rings. The highest BCUT2D eigenvalue weighted by Crippen LogP contribution is 2.32. The monoisotopic (exact) mass is 276 g/mol. The van der Waals surface area contributed by atoms with Gasteiger partial charge >= 0.3 is 5.97 Å². The maximum atomic E-state index is 12.2. The van der Waals surface area contributed by atoms with Crippen molar-refractivity contribution in [3.63, 3.8) is 0 Å². The van der Waals surface area contributed by atoms with E-state index in [1.165, 1.54) is 0 Å². The second-order valence-corrected chi connectivity index (χ2v) is 5.67. The van der Waals surface area contributed by atoms with Crippen molar-refractivity contribution >= 4 is 11.8 Å². The summed E-state index contributed by atoms with van der Waals surface area (Å²) < 4.78 is 5.29. The molecular weight excluding hydrogens is 256 g/mol. The number of ether oxygens (including phenoxy) is 1. The number of hydrogen-bond acceptors (Lipinski definition) is 3. The second kappa shape index (κ2) is 5.37. The molecule has 0 aliphatic carbocycles. The fourth-order valence-electron chi connectivity index (χ4n) is 2.93. The average Bonchev–Trinajstić information content (AvgIpc) is 2.35. The van der Waals surface area contributed by atoms with E-state index in [4.69, 9.17) is 4.74 Å². The minimum absolute atomic E-state index is 0.0338. The molecule has 1 aromatic carbocycles. The van der Waals surface area contributed by atoms with Gasteiger partial charge in [0.1, 0.15) is 0 Å². The third-order valence-corrected chi connectivity index (χ3v) is 4.08. The van der Waals surface area contributed by atoms with Gasteiger partial charge in [-0.15, -0.1) is 0 Å². The van der Waals surface area contributed by atoms with Gasteiger partial charge in [0.05, 0.1) is 13.2 Å². The fraction of sp³-hybridized carbons (Fsp3) is 0.500. The second-order valence-electron chi connectivity index (χ2n) is 5.67. The number of aliphatic carboxylic acids is 1. The molecule has 0 bridgehead atoms. The van der Waals surface area contributed by atoms with Crippen LogP contribution in [-0.2, 0) is 20.7 Å². The molecule has 4 heteroatoms. The molecule has 1 fully saturated rings. The summed E-state index contributed by atoms with van der Waals surface area (Å²) >= 11 is 0. The van der Waals surface area contributed by atoms with Crippen molar-refractivity contribution in [3.8, 4) is 0 Å². The quantitative estimate of drug-likeness (QED) is 0.860. The number of carboxylic acid groups (broad SMARTS) is 1. The Bertz CT molecular complexity index is 539. The Hall–Kier alpha value is -1.68. The van der Waals surface area contributed by atoms with Crippen molar-refractivity contribution in [3.05, 3.63) is 34.4 Å². The number of carbonyl (C=O) groups excluding carboxylic acids is 1. The number of benzene rings is 1. The summed E-state index contributed by atoms with van der Waals surface area (Å²) in [6.45, 7) is 6.21. The number of carboxylic acids is 1. The van der Waals surface area contributed by atoms with Gasteiger partial charge in [0.15, 0.2) is 11.2 Å². The first-order valence-corrected chi connectivity index (χ1v) is 6.78. The van der Waals surface area contributed by atoms with Gasteiger partial charge in [-0.05, 0) is 43.9 Å². The minimum Gasteiger partial charge on any atom is -0.480 e. The molecular formula is C16H20O4. The van der Waals surface area contributed by atoms with Crippen LogP contribution in [-0.4, -0.2) is 30.1 Å². The summed E-state index contributed by atoms with van der Waals surface area (Å²) in [6, 6.07) is 4.04. The molecule has 1 atom stereocenters. The lowest BCUT2D eigenvalue weighted by molar-refractivity contribution is -0.164. The normalized spacial score (nSPS) is 22.9. The topological polar surface area (TPSA) is 63.6 Å². The Morgan fingerprint density at radius 2 is 1.90 bits per heavy atom. The van der Waals surface area contributed by atoms with Gasteiger partial charge in [0.25, 0.3) is 0 Å². The van der Waals surface area contributed by atoms with Crippen LogP contribution in [0.25, 0.3) is 0 Å². The fourth-order valence-corrected chi connectivity index (χ4v) is 2.93. The van der Waals surface area contributed by atoms with Gasteiger partial charge in [-0.1, -0.05) is 17.7 Å². The van der Waals surface area contributed by atoms with E-state index >= 15 is 0 Å². The van der Waals surface area contributed by atoms with E-state index in [2.05, 4.69) is 0 Å². The molecule has 1 aliphatic heterocycles. The van der Waals surface area contributed by atoms with Crippen LogP contribution < -0.4 is 0 Å². The third-order valence-electron chi connectivity index (χ3n) is 4.08. The van der Waals surface area contributed by atoms with Crippen LogP contribution in [0.3, 0.4) is 0 Å². The molecule has 4 nitrogen and oxygen atoms in total. The summed E-state index contributed by atoms with van der Waals surface area (Å²) in [4.78, 5) is 23.9. The van der Waals surface area contributed by atoms with Gasteiger partial charge in [0.2, 0.25) is 0 Å². The van der Waals surface area contributed by atoms with E-state index < -0.39 is 11.4 Å². The van der Waals surface area contributed by atoms with Crippen LogP contribution in [0.2, 0.25) is 0 Å². The largest absolute Gasteiger partial charge is 0.480 e. The van der Waals surface area contributed by atoms with Crippen LogP contribution in [0.5, 0.6) is 0 Å². The highest BCUT2D eigenvalue weighted by atomic mass is 16.5.